The van der Waals surface area contributed by atoms with E-state index in [-0.39, 0.29) is 86.1 Å². The van der Waals surface area contributed by atoms with Crippen molar-refractivity contribution in [2.75, 3.05) is 54.4 Å². The number of esters is 4. The van der Waals surface area contributed by atoms with Crippen molar-refractivity contribution < 1.29 is 120 Å². The summed E-state index contributed by atoms with van der Waals surface area (Å²) >= 11 is 12.3. The number of nitro benzene ring substituents is 1. The summed E-state index contributed by atoms with van der Waals surface area (Å²) in [6.07, 6.45) is -0.128. The lowest BCUT2D eigenvalue weighted by molar-refractivity contribution is -0.384. The van der Waals surface area contributed by atoms with Crippen molar-refractivity contribution in [1.82, 2.24) is 56.8 Å². The van der Waals surface area contributed by atoms with Crippen LogP contribution in [0.3, 0.4) is 0 Å². The molecule has 11 amide bonds. The van der Waals surface area contributed by atoms with E-state index < -0.39 is 222 Å². The fourth-order valence-corrected chi connectivity index (χ4v) is 15.3. The maximum atomic E-state index is 14.3. The molecule has 2 aliphatic rings. The molecule has 38 nitrogen and oxygen atoms in total. The number of carbonyl (C=O) groups is 16. The zero-order chi connectivity index (χ0) is 106. The Labute approximate surface area is 836 Å². The van der Waals surface area contributed by atoms with E-state index in [0.29, 0.717) is 64.4 Å². The summed E-state index contributed by atoms with van der Waals surface area (Å²) in [5.41, 5.74) is 2.21. The predicted octanol–water partition coefficient (Wildman–Crippen LogP) is 10.8. The van der Waals surface area contributed by atoms with Gasteiger partial charge in [-0.05, 0) is 184 Å². The number of aliphatic hydroxyl groups excluding tert-OH is 1. The SMILES string of the molecule is C/C=C(\C)[C@H]1OC(=O)[C@@H](C)NC(=O)[C@H](C(C)CC)NC(=O)CN(C)C(=O)[C@@H](Cc2ccc(Cl)cc2)N(C)C(=O)[C@H](C)NC(=O)[C@@H](CC(C)C)OC(=O)/C(C)=C/C[C@H](OC(=O)NCCCCCO)[C@@H]1C.C/C=C(\C)[C@H]1OC(=O)[C@@H](C)NC(=O)[C@H](C(C)CC)NC(=O)CN(C)C(=O)[C@@H](Cc2ccc(Cl)cc2)N(C)C(=O)[C@H](C)NC(=O)[C@@H](CC(C)C)OC(=O)/C(C)=C/C[C@H](OC(=O)Oc2ccc([N+](=O)[O-])cc2)[C@@H]1C. The summed E-state index contributed by atoms with van der Waals surface area (Å²) in [4.78, 5) is 237. The number of cyclic esters (lactones) is 4. The number of likely N-dealkylation sites (N-methyl/N-ethyl adjacent to an activating group) is 4. The van der Waals surface area contributed by atoms with Gasteiger partial charge in [0.1, 0.15) is 78.5 Å². The third kappa shape index (κ3) is 39.2. The van der Waals surface area contributed by atoms with E-state index in [2.05, 4.69) is 37.2 Å². The van der Waals surface area contributed by atoms with Crippen LogP contribution in [-0.4, -0.2) is 264 Å². The number of nitrogens with one attached hydrogen (secondary N) is 7. The number of benzene rings is 3. The van der Waals surface area contributed by atoms with Crippen LogP contribution in [0.15, 0.2) is 119 Å². The van der Waals surface area contributed by atoms with Gasteiger partial charge in [0.15, 0.2) is 12.2 Å². The van der Waals surface area contributed by atoms with E-state index in [9.17, 15) is 86.8 Å². The lowest BCUT2D eigenvalue weighted by Crippen LogP contribution is -2.57. The normalized spacial score (nSPS) is 25.9. The summed E-state index contributed by atoms with van der Waals surface area (Å²) in [6.45, 7) is 32.4. The molecule has 3 aromatic rings. The van der Waals surface area contributed by atoms with Crippen LogP contribution in [-0.2, 0) is 108 Å². The average Bonchev–Trinajstić information content (AvgIpc) is 0.805. The van der Waals surface area contributed by atoms with E-state index in [1.165, 1.54) is 98.9 Å². The number of allylic oxidation sites excluding steroid dienone is 2. The standard InChI is InChI=1S/C51H69ClN6O14.C50H77ClN6O12/c1-13-29(5)43-46(61)54-34(10)50(65)72-44(30(6)14-2)32(8)40(71-51(66)69-38-22-20-37(21-23-38)58(67)68)24-15-31(7)49(64)70-41(25-28(3)4)45(60)53-33(9)47(62)57(12)39(26-35-16-18-36(52)19-17-35)48(63)56(11)27-42(59)55-43;1-13-30(5)42-45(61)54-35(10)49(65)69-43(31(6)14-2)33(8)39(68-50(66)52-24-16-15-17-25-58)23-18-32(7)48(64)67-40(26-29(3)4)44(60)53-34(9)46(62)57(12)38(27-36-19-21-37(51)22-20-36)47(63)56(11)28-41(59)55-42/h14-23,28-29,32-34,39-41,43-44H,13,24-27H2,1-12H3,(H,53,60)(H,54,61)(H,55,59);14,18-22,29-30,33-35,38-40,42-43,58H,13,15-17,23-28H2,1-12H3,(H,52,66)(H,53,60)(H,54,61)(H,55,59)/b30-14+,31-15+;31-14+,32-18+/t29?,32-,33-,34+,39+,40-,41+,43-,44+;30?,33-,34-,35+,38+,39-,40+,42-,43+/m00/s1. The highest BCUT2D eigenvalue weighted by atomic mass is 35.5. The highest BCUT2D eigenvalue weighted by Gasteiger charge is 2.43. The summed E-state index contributed by atoms with van der Waals surface area (Å²) < 4.78 is 40.7. The van der Waals surface area contributed by atoms with Crippen LogP contribution in [0.25, 0.3) is 0 Å². The predicted molar refractivity (Wildman–Crippen MR) is 527 cm³/mol. The molecule has 0 saturated heterocycles. The summed E-state index contributed by atoms with van der Waals surface area (Å²) in [5, 5.41) is 40.0. The van der Waals surface area contributed by atoms with Gasteiger partial charge in [0, 0.05) is 112 Å². The molecule has 2 heterocycles. The lowest BCUT2D eigenvalue weighted by atomic mass is 9.90. The molecule has 40 heteroatoms. The van der Waals surface area contributed by atoms with Crippen molar-refractivity contribution in [2.24, 2.45) is 35.5 Å². The van der Waals surface area contributed by atoms with Crippen LogP contribution in [0.4, 0.5) is 15.3 Å². The third-order valence-electron chi connectivity index (χ3n) is 24.6. The van der Waals surface area contributed by atoms with Gasteiger partial charge < -0.3 is 95.1 Å². The number of aliphatic hydroxyl groups is 1. The van der Waals surface area contributed by atoms with Gasteiger partial charge in [0.05, 0.1) is 18.0 Å². The zero-order valence-electron chi connectivity index (χ0n) is 85.5. The Hall–Kier alpha value is -12.3. The minimum absolute atomic E-state index is 0.00495. The Bertz CT molecular complexity index is 4910. The number of hydrogen-bond donors (Lipinski definition) is 8. The number of nitrogens with zero attached hydrogens (tertiary/aromatic N) is 5. The smallest absolute Gasteiger partial charge is 0.456 e. The first kappa shape index (κ1) is 121. The van der Waals surface area contributed by atoms with Crippen LogP contribution in [0, 0.1) is 45.6 Å². The second-order valence-electron chi connectivity index (χ2n) is 37.0. The number of amides is 11. The number of hydrogen-bond acceptors (Lipinski definition) is 26. The molecular formula is C101H146Cl2N12O26. The summed E-state index contributed by atoms with van der Waals surface area (Å²) in [6, 6.07) is 8.29. The molecule has 0 aromatic heterocycles. The van der Waals surface area contributed by atoms with Gasteiger partial charge in [0.2, 0.25) is 47.3 Å². The van der Waals surface area contributed by atoms with Crippen LogP contribution in [0.2, 0.25) is 10.0 Å². The number of rotatable bonds is 23. The Kier molecular flexibility index (Phi) is 51.0. The van der Waals surface area contributed by atoms with Crippen LogP contribution in [0.5, 0.6) is 5.75 Å². The van der Waals surface area contributed by atoms with Crippen LogP contribution >= 0.6 is 23.2 Å². The maximum absolute atomic E-state index is 14.3. The van der Waals surface area contributed by atoms with Gasteiger partial charge in [-0.25, -0.2) is 28.8 Å². The van der Waals surface area contributed by atoms with Gasteiger partial charge in [-0.3, -0.25) is 58.1 Å². The molecule has 0 saturated carbocycles. The second-order valence-corrected chi connectivity index (χ2v) is 37.8. The first-order chi connectivity index (χ1) is 66.2. The minimum atomic E-state index is -1.39. The van der Waals surface area contributed by atoms with Gasteiger partial charge in [-0.2, -0.15) is 0 Å². The molecule has 0 radical (unpaired) electrons. The quantitative estimate of drug-likeness (QED) is 0.00831. The van der Waals surface area contributed by atoms with Crippen molar-refractivity contribution in [3.63, 3.8) is 0 Å². The number of unbranched alkanes of at least 4 members (excludes halogenated alkanes) is 2. The fourth-order valence-electron chi connectivity index (χ4n) is 15.1. The molecule has 0 fully saturated rings. The number of halogens is 2. The van der Waals surface area contributed by atoms with Crippen molar-refractivity contribution in [1.29, 1.82) is 0 Å². The Morgan fingerprint density at radius 3 is 1.23 bits per heavy atom. The van der Waals surface area contributed by atoms with Gasteiger partial charge in [-0.15, -0.1) is 0 Å². The number of alkyl carbamates (subject to hydrolysis) is 1. The lowest BCUT2D eigenvalue weighted by Gasteiger charge is -2.33. The van der Waals surface area contributed by atoms with Gasteiger partial charge >= 0.3 is 36.1 Å². The van der Waals surface area contributed by atoms with E-state index in [1.807, 2.05) is 20.8 Å². The first-order valence-electron chi connectivity index (χ1n) is 47.7. The minimum Gasteiger partial charge on any atom is -0.456 e. The fraction of sp³-hybridized carbons (Fsp3) is 0.584. The van der Waals surface area contributed by atoms with E-state index in [0.717, 1.165) is 26.8 Å². The molecule has 141 heavy (non-hydrogen) atoms. The van der Waals surface area contributed by atoms with Gasteiger partial charge in [0.25, 0.3) is 17.5 Å². The second kappa shape index (κ2) is 59.4. The first-order valence-corrected chi connectivity index (χ1v) is 48.4. The van der Waals surface area contributed by atoms with Crippen LogP contribution < -0.4 is 42.0 Å². The molecule has 0 bridgehead atoms. The highest BCUT2D eigenvalue weighted by molar-refractivity contribution is 6.30. The van der Waals surface area contributed by atoms with Crippen molar-refractivity contribution >= 4 is 124 Å². The van der Waals surface area contributed by atoms with Crippen LogP contribution in [0.1, 0.15) is 207 Å². The molecule has 780 valence electrons. The zero-order valence-corrected chi connectivity index (χ0v) is 87.0. The Balaban J connectivity index is 0.000000589. The summed E-state index contributed by atoms with van der Waals surface area (Å²) in [5.74, 6) is -13.3. The molecule has 5 rings (SSSR count). The van der Waals surface area contributed by atoms with E-state index in [4.69, 9.17) is 61.5 Å². The van der Waals surface area contributed by atoms with E-state index >= 15 is 0 Å². The Morgan fingerprint density at radius 1 is 0.518 bits per heavy atom. The average molecular weight is 2020 g/mol. The molecule has 2 aliphatic heterocycles. The molecule has 8 N–H and O–H groups in total. The topological polar surface area (TPSA) is 498 Å². The molecule has 18 atom stereocenters. The highest BCUT2D eigenvalue weighted by Crippen LogP contribution is 2.31. The number of non-ortho nitro benzene ring substituents is 1. The molecular weight excluding hydrogens is 1870 g/mol. The molecule has 3 aromatic carbocycles. The third-order valence-corrected chi connectivity index (χ3v) is 25.1. The van der Waals surface area contributed by atoms with Gasteiger partial charge in [-0.1, -0.05) is 154 Å². The Morgan fingerprint density at radius 2 is 0.887 bits per heavy atom. The summed E-state index contributed by atoms with van der Waals surface area (Å²) in [7, 11) is 5.55. The maximum Gasteiger partial charge on any atom is 0.514 e. The largest absolute Gasteiger partial charge is 0.514 e. The monoisotopic (exact) mass is 2010 g/mol. The molecule has 0 spiro atoms. The van der Waals surface area contributed by atoms with Crippen molar-refractivity contribution in [3.8, 4) is 5.75 Å². The number of ether oxygens (including phenoxy) is 7. The number of nitro groups is 1. The molecule has 0 aliphatic carbocycles. The van der Waals surface area contributed by atoms with Crippen molar-refractivity contribution in [2.45, 2.75) is 294 Å². The van der Waals surface area contributed by atoms with E-state index in [1.54, 1.807) is 137 Å². The number of carbonyl (C=O) groups excluding carboxylic acids is 16. The van der Waals surface area contributed by atoms with Crippen molar-refractivity contribution in [3.05, 3.63) is 151 Å². The molecule has 2 unspecified atom stereocenters.